The average Bonchev–Trinajstić information content (AvgIpc) is 2.37. The normalized spacial score (nSPS) is 17.9. The molecule has 2 N–H and O–H groups in total. The molecule has 0 aliphatic carbocycles. The number of carbonyl (C=O) groups excluding carboxylic acids is 2. The molecule has 5 nitrogen and oxygen atoms in total. The number of hydrogen-bond donors (Lipinski definition) is 2. The van der Waals surface area contributed by atoms with E-state index in [1.54, 1.807) is 19.1 Å². The van der Waals surface area contributed by atoms with E-state index in [1.165, 1.54) is 11.8 Å². The highest BCUT2D eigenvalue weighted by molar-refractivity contribution is 8.01. The lowest BCUT2D eigenvalue weighted by atomic mass is 9.96. The molecular formula is C14H15NO4S. The van der Waals surface area contributed by atoms with Gasteiger partial charge in [0.2, 0.25) is 11.7 Å². The summed E-state index contributed by atoms with van der Waals surface area (Å²) in [5, 5.41) is 11.5. The van der Waals surface area contributed by atoms with Crippen molar-refractivity contribution in [3.8, 4) is 0 Å². The molecule has 1 atom stereocenters. The Morgan fingerprint density at radius 2 is 2.00 bits per heavy atom. The van der Waals surface area contributed by atoms with E-state index in [1.807, 2.05) is 19.9 Å². The predicted octanol–water partition coefficient (Wildman–Crippen LogP) is 2.27. The van der Waals surface area contributed by atoms with E-state index in [2.05, 4.69) is 5.32 Å². The summed E-state index contributed by atoms with van der Waals surface area (Å²) < 4.78 is -0.545. The molecule has 1 aliphatic rings. The number of anilines is 1. The van der Waals surface area contributed by atoms with Crippen LogP contribution in [0.3, 0.4) is 0 Å². The van der Waals surface area contributed by atoms with Crippen molar-refractivity contribution >= 4 is 35.1 Å². The molecule has 0 saturated heterocycles. The van der Waals surface area contributed by atoms with Gasteiger partial charge in [-0.05, 0) is 31.5 Å². The van der Waals surface area contributed by atoms with Gasteiger partial charge < -0.3 is 10.4 Å². The van der Waals surface area contributed by atoms with E-state index in [0.29, 0.717) is 11.3 Å². The Hall–Kier alpha value is -1.82. The zero-order valence-electron chi connectivity index (χ0n) is 11.4. The summed E-state index contributed by atoms with van der Waals surface area (Å²) in [6.45, 7) is 5.21. The Balaban J connectivity index is 2.34. The van der Waals surface area contributed by atoms with Crippen LogP contribution >= 0.6 is 11.8 Å². The number of aliphatic carboxylic acids is 1. The summed E-state index contributed by atoms with van der Waals surface area (Å²) in [6.07, 6.45) is 0. The molecule has 1 aliphatic heterocycles. The molecule has 1 heterocycles. The Labute approximate surface area is 120 Å². The van der Waals surface area contributed by atoms with Crippen LogP contribution in [0.1, 0.15) is 32.3 Å². The van der Waals surface area contributed by atoms with Crippen LogP contribution in [0.25, 0.3) is 0 Å². The molecule has 1 unspecified atom stereocenters. The van der Waals surface area contributed by atoms with Crippen LogP contribution in [-0.2, 0) is 14.4 Å². The zero-order chi connectivity index (χ0) is 15.1. The highest BCUT2D eigenvalue weighted by Crippen LogP contribution is 2.42. The number of thioether (sulfide) groups is 1. The standard InChI is InChI=1S/C14H15NO4S/c1-7(11(16)12(17)18)8-4-5-10-9(6-8)15-13(19)14(2,3)20-10/h4-7H,1-3H3,(H,15,19)(H,17,18). The van der Waals surface area contributed by atoms with Crippen molar-refractivity contribution in [3.63, 3.8) is 0 Å². The second-order valence-corrected chi connectivity index (χ2v) is 6.88. The number of Topliss-reactive ketones (excluding diaryl/α,β-unsaturated/α-hetero) is 1. The average molecular weight is 293 g/mol. The summed E-state index contributed by atoms with van der Waals surface area (Å²) in [7, 11) is 0. The summed E-state index contributed by atoms with van der Waals surface area (Å²) in [6, 6.07) is 5.20. The fraction of sp³-hybridized carbons (Fsp3) is 0.357. The number of carboxylic acid groups (broad SMARTS) is 1. The molecule has 0 bridgehead atoms. The number of rotatable bonds is 3. The zero-order valence-corrected chi connectivity index (χ0v) is 12.2. The topological polar surface area (TPSA) is 83.5 Å². The molecule has 0 radical (unpaired) electrons. The van der Waals surface area contributed by atoms with Crippen molar-refractivity contribution in [1.82, 2.24) is 0 Å². The molecule has 0 aromatic heterocycles. The molecule has 1 aromatic rings. The third kappa shape index (κ3) is 2.56. The van der Waals surface area contributed by atoms with Crippen molar-refractivity contribution in [2.24, 2.45) is 0 Å². The maximum atomic E-state index is 11.9. The lowest BCUT2D eigenvalue weighted by Gasteiger charge is -2.30. The minimum atomic E-state index is -1.45. The van der Waals surface area contributed by atoms with Gasteiger partial charge in [-0.15, -0.1) is 11.8 Å². The molecule has 0 saturated carbocycles. The van der Waals surface area contributed by atoms with Gasteiger partial charge in [0.1, 0.15) is 0 Å². The predicted molar refractivity (Wildman–Crippen MR) is 76.1 cm³/mol. The van der Waals surface area contributed by atoms with E-state index in [4.69, 9.17) is 5.11 Å². The third-order valence-corrected chi connectivity index (χ3v) is 4.54. The summed E-state index contributed by atoms with van der Waals surface area (Å²) in [4.78, 5) is 35.0. The number of carbonyl (C=O) groups is 3. The number of ketones is 1. The van der Waals surface area contributed by atoms with Gasteiger partial charge in [-0.25, -0.2) is 4.79 Å². The minimum Gasteiger partial charge on any atom is -0.475 e. The Kier molecular flexibility index (Phi) is 3.60. The summed E-state index contributed by atoms with van der Waals surface area (Å²) in [5.74, 6) is -3.16. The SMILES string of the molecule is CC(C(=O)C(=O)O)c1ccc2c(c1)NC(=O)C(C)(C)S2. The van der Waals surface area contributed by atoms with Crippen molar-refractivity contribution in [2.45, 2.75) is 36.3 Å². The lowest BCUT2D eigenvalue weighted by molar-refractivity contribution is -0.149. The van der Waals surface area contributed by atoms with Gasteiger partial charge in [-0.1, -0.05) is 13.0 Å². The Morgan fingerprint density at radius 3 is 2.60 bits per heavy atom. The highest BCUT2D eigenvalue weighted by atomic mass is 32.2. The van der Waals surface area contributed by atoms with Crippen molar-refractivity contribution in [3.05, 3.63) is 23.8 Å². The van der Waals surface area contributed by atoms with Crippen LogP contribution in [0, 0.1) is 0 Å². The number of hydrogen-bond acceptors (Lipinski definition) is 4. The van der Waals surface area contributed by atoms with Crippen LogP contribution in [0.2, 0.25) is 0 Å². The van der Waals surface area contributed by atoms with Gasteiger partial charge in [0.25, 0.3) is 0 Å². The van der Waals surface area contributed by atoms with Gasteiger partial charge in [-0.2, -0.15) is 0 Å². The molecule has 1 amide bonds. The molecule has 0 spiro atoms. The van der Waals surface area contributed by atoms with Crippen LogP contribution in [0.4, 0.5) is 5.69 Å². The van der Waals surface area contributed by atoms with Crippen LogP contribution in [0.5, 0.6) is 0 Å². The molecule has 2 rings (SSSR count). The van der Waals surface area contributed by atoms with Crippen molar-refractivity contribution in [1.29, 1.82) is 0 Å². The Morgan fingerprint density at radius 1 is 1.35 bits per heavy atom. The number of fused-ring (bicyclic) bond motifs is 1. The summed E-state index contributed by atoms with van der Waals surface area (Å²) >= 11 is 1.44. The van der Waals surface area contributed by atoms with E-state index < -0.39 is 22.4 Å². The monoisotopic (exact) mass is 293 g/mol. The number of benzene rings is 1. The van der Waals surface area contributed by atoms with E-state index >= 15 is 0 Å². The highest BCUT2D eigenvalue weighted by Gasteiger charge is 2.35. The molecule has 0 fully saturated rings. The van der Waals surface area contributed by atoms with E-state index in [9.17, 15) is 14.4 Å². The first kappa shape index (κ1) is 14.6. The maximum Gasteiger partial charge on any atom is 0.372 e. The van der Waals surface area contributed by atoms with Gasteiger partial charge >= 0.3 is 5.97 Å². The number of amides is 1. The Bertz CT molecular complexity index is 609. The minimum absolute atomic E-state index is 0.107. The van der Waals surface area contributed by atoms with Gasteiger partial charge in [0.05, 0.1) is 16.4 Å². The van der Waals surface area contributed by atoms with Crippen LogP contribution in [-0.4, -0.2) is 27.5 Å². The fourth-order valence-electron chi connectivity index (χ4n) is 1.93. The van der Waals surface area contributed by atoms with Gasteiger partial charge in [-0.3, -0.25) is 9.59 Å². The van der Waals surface area contributed by atoms with E-state index in [-0.39, 0.29) is 5.91 Å². The lowest BCUT2D eigenvalue weighted by Crippen LogP contribution is -2.37. The number of nitrogens with one attached hydrogen (secondary N) is 1. The first-order chi connectivity index (χ1) is 9.22. The second-order valence-electron chi connectivity index (χ2n) is 5.21. The van der Waals surface area contributed by atoms with Crippen LogP contribution < -0.4 is 5.32 Å². The fourth-order valence-corrected chi connectivity index (χ4v) is 2.98. The van der Waals surface area contributed by atoms with Crippen molar-refractivity contribution < 1.29 is 19.5 Å². The smallest absolute Gasteiger partial charge is 0.372 e. The second kappa shape index (κ2) is 4.94. The molecule has 106 valence electrons. The third-order valence-electron chi connectivity index (χ3n) is 3.27. The summed E-state index contributed by atoms with van der Waals surface area (Å²) in [5.41, 5.74) is 1.21. The molecule has 1 aromatic carbocycles. The maximum absolute atomic E-state index is 11.9. The first-order valence-corrected chi connectivity index (χ1v) is 6.95. The number of carboxylic acids is 1. The van der Waals surface area contributed by atoms with Crippen LogP contribution in [0.15, 0.2) is 23.1 Å². The quantitative estimate of drug-likeness (QED) is 0.835. The van der Waals surface area contributed by atoms with Gasteiger partial charge in [0, 0.05) is 4.90 Å². The first-order valence-electron chi connectivity index (χ1n) is 6.14. The van der Waals surface area contributed by atoms with Crippen molar-refractivity contribution in [2.75, 3.05) is 5.32 Å². The largest absolute Gasteiger partial charge is 0.475 e. The molecular weight excluding hydrogens is 278 g/mol. The van der Waals surface area contributed by atoms with E-state index in [0.717, 1.165) is 4.90 Å². The molecule has 20 heavy (non-hydrogen) atoms. The molecule has 6 heteroatoms. The van der Waals surface area contributed by atoms with Gasteiger partial charge in [0.15, 0.2) is 0 Å².